The second-order valence-electron chi connectivity index (χ2n) is 5.70. The predicted octanol–water partition coefficient (Wildman–Crippen LogP) is 4.59. The van der Waals surface area contributed by atoms with Crippen molar-refractivity contribution < 1.29 is 14.0 Å². The van der Waals surface area contributed by atoms with Crippen molar-refractivity contribution in [2.75, 3.05) is 5.43 Å². The quantitative estimate of drug-likeness (QED) is 0.281. The summed E-state index contributed by atoms with van der Waals surface area (Å²) in [5.41, 5.74) is 5.25. The molecule has 0 saturated carbocycles. The van der Waals surface area contributed by atoms with Crippen molar-refractivity contribution in [1.29, 1.82) is 0 Å². The topological polar surface area (TPSA) is 84.6 Å². The zero-order chi connectivity index (χ0) is 19.2. The van der Waals surface area contributed by atoms with Gasteiger partial charge in [0.1, 0.15) is 0 Å². The predicted molar refractivity (Wildman–Crippen MR) is 107 cm³/mol. The minimum absolute atomic E-state index is 0.00869. The molecule has 0 spiro atoms. The molecule has 0 radical (unpaired) electrons. The van der Waals surface area contributed by atoms with Gasteiger partial charge < -0.3 is 4.42 Å². The largest absolute Gasteiger partial charge is 0.461 e. The van der Waals surface area contributed by atoms with Gasteiger partial charge in [0.25, 0.3) is 0 Å². The van der Waals surface area contributed by atoms with Crippen molar-refractivity contribution >= 4 is 40.3 Å². The SMILES string of the molecule is CC(=O)c1sc(N/N=C/c2cccc(/C=C/C(=O)c3ccco3)c2)nc1C. The van der Waals surface area contributed by atoms with Gasteiger partial charge in [-0.05, 0) is 42.3 Å². The number of hydrogen-bond donors (Lipinski definition) is 1. The van der Waals surface area contributed by atoms with Crippen LogP contribution in [0.25, 0.3) is 6.08 Å². The summed E-state index contributed by atoms with van der Waals surface area (Å²) in [4.78, 5) is 28.3. The molecule has 6 nitrogen and oxygen atoms in total. The number of carbonyl (C=O) groups is 2. The fourth-order valence-electron chi connectivity index (χ4n) is 2.35. The first kappa shape index (κ1) is 18.5. The maximum atomic E-state index is 11.9. The number of ketones is 2. The van der Waals surface area contributed by atoms with Gasteiger partial charge in [-0.15, -0.1) is 0 Å². The van der Waals surface area contributed by atoms with E-state index in [0.717, 1.165) is 11.1 Å². The Labute approximate surface area is 160 Å². The van der Waals surface area contributed by atoms with Crippen molar-refractivity contribution in [2.45, 2.75) is 13.8 Å². The van der Waals surface area contributed by atoms with E-state index in [-0.39, 0.29) is 11.6 Å². The second kappa shape index (κ2) is 8.37. The maximum absolute atomic E-state index is 11.9. The van der Waals surface area contributed by atoms with E-state index < -0.39 is 0 Å². The highest BCUT2D eigenvalue weighted by Crippen LogP contribution is 2.22. The summed E-state index contributed by atoms with van der Waals surface area (Å²) in [5.74, 6) is 0.101. The van der Waals surface area contributed by atoms with Crippen LogP contribution in [0.4, 0.5) is 5.13 Å². The number of aryl methyl sites for hydroxylation is 1. The Bertz CT molecular complexity index is 1020. The standard InChI is InChI=1S/C20H17N3O3S/c1-13-19(14(2)24)27-20(22-13)23-21-12-16-6-3-5-15(11-16)8-9-17(25)18-7-4-10-26-18/h3-12H,1-2H3,(H,22,23)/b9-8+,21-12+. The molecule has 0 bridgehead atoms. The number of hydrazone groups is 1. The number of Topliss-reactive ketones (excluding diaryl/α,β-unsaturated/α-hetero) is 1. The molecule has 3 aromatic rings. The molecule has 0 atom stereocenters. The molecule has 7 heteroatoms. The first-order chi connectivity index (χ1) is 13.0. The first-order valence-corrected chi connectivity index (χ1v) is 8.98. The van der Waals surface area contributed by atoms with Crippen LogP contribution in [0.5, 0.6) is 0 Å². The second-order valence-corrected chi connectivity index (χ2v) is 6.70. The smallest absolute Gasteiger partial charge is 0.221 e. The summed E-state index contributed by atoms with van der Waals surface area (Å²) in [7, 11) is 0. The molecule has 2 aromatic heterocycles. The Morgan fingerprint density at radius 2 is 2.04 bits per heavy atom. The Kier molecular flexibility index (Phi) is 5.73. The van der Waals surface area contributed by atoms with E-state index in [4.69, 9.17) is 4.42 Å². The zero-order valence-corrected chi connectivity index (χ0v) is 15.6. The third kappa shape index (κ3) is 4.86. The number of furan rings is 1. The van der Waals surface area contributed by atoms with Crippen LogP contribution in [0.1, 0.15) is 44.0 Å². The van der Waals surface area contributed by atoms with E-state index in [1.807, 2.05) is 24.3 Å². The molecule has 0 fully saturated rings. The Balaban J connectivity index is 1.65. The summed E-state index contributed by atoms with van der Waals surface area (Å²) < 4.78 is 5.07. The highest BCUT2D eigenvalue weighted by Gasteiger charge is 2.10. The van der Waals surface area contributed by atoms with Crippen LogP contribution in [0.15, 0.2) is 58.3 Å². The van der Waals surface area contributed by atoms with Crippen LogP contribution in [0.3, 0.4) is 0 Å². The number of benzene rings is 1. The molecule has 0 aliphatic carbocycles. The molecular formula is C20H17N3O3S. The Morgan fingerprint density at radius 1 is 1.22 bits per heavy atom. The van der Waals surface area contributed by atoms with Crippen LogP contribution in [-0.4, -0.2) is 22.8 Å². The number of aromatic nitrogens is 1. The van der Waals surface area contributed by atoms with Crippen LogP contribution in [-0.2, 0) is 0 Å². The Morgan fingerprint density at radius 3 is 2.74 bits per heavy atom. The van der Waals surface area contributed by atoms with Gasteiger partial charge in [-0.2, -0.15) is 5.10 Å². The van der Waals surface area contributed by atoms with Gasteiger partial charge in [-0.1, -0.05) is 35.6 Å². The third-order valence-electron chi connectivity index (χ3n) is 3.59. The fourth-order valence-corrected chi connectivity index (χ4v) is 3.16. The monoisotopic (exact) mass is 379 g/mol. The molecule has 0 saturated heterocycles. The van der Waals surface area contributed by atoms with E-state index in [1.54, 1.807) is 31.3 Å². The number of thiazole rings is 1. The molecule has 136 valence electrons. The molecule has 0 unspecified atom stereocenters. The normalized spacial score (nSPS) is 11.3. The van der Waals surface area contributed by atoms with Gasteiger partial charge >= 0.3 is 0 Å². The summed E-state index contributed by atoms with van der Waals surface area (Å²) in [6.45, 7) is 3.31. The van der Waals surface area contributed by atoms with Crippen molar-refractivity contribution in [3.05, 3.63) is 76.2 Å². The zero-order valence-electron chi connectivity index (χ0n) is 14.8. The van der Waals surface area contributed by atoms with E-state index in [1.165, 1.54) is 30.6 Å². The summed E-state index contributed by atoms with van der Waals surface area (Å²) in [5, 5.41) is 4.72. The molecular weight excluding hydrogens is 362 g/mol. The highest BCUT2D eigenvalue weighted by atomic mass is 32.1. The minimum atomic E-state index is -0.193. The third-order valence-corrected chi connectivity index (χ3v) is 4.75. The lowest BCUT2D eigenvalue weighted by molar-refractivity contribution is 0.101. The summed E-state index contributed by atoms with van der Waals surface area (Å²) in [6, 6.07) is 10.9. The van der Waals surface area contributed by atoms with Crippen LogP contribution in [0.2, 0.25) is 0 Å². The number of nitrogens with zero attached hydrogens (tertiary/aromatic N) is 2. The number of hydrogen-bond acceptors (Lipinski definition) is 7. The number of rotatable bonds is 7. The average Bonchev–Trinajstić information content (AvgIpc) is 3.30. The van der Waals surface area contributed by atoms with Crippen molar-refractivity contribution in [3.63, 3.8) is 0 Å². The van der Waals surface area contributed by atoms with Gasteiger partial charge in [-0.3, -0.25) is 15.0 Å². The van der Waals surface area contributed by atoms with Gasteiger partial charge in [0.15, 0.2) is 11.5 Å². The van der Waals surface area contributed by atoms with E-state index in [9.17, 15) is 9.59 Å². The van der Waals surface area contributed by atoms with Gasteiger partial charge in [0.05, 0.1) is 23.0 Å². The number of allylic oxidation sites excluding steroid dienone is 1. The fraction of sp³-hybridized carbons (Fsp3) is 0.100. The number of carbonyl (C=O) groups excluding carboxylic acids is 2. The minimum Gasteiger partial charge on any atom is -0.461 e. The van der Waals surface area contributed by atoms with Crippen LogP contribution in [0, 0.1) is 6.92 Å². The molecule has 0 aliphatic rings. The van der Waals surface area contributed by atoms with E-state index in [2.05, 4.69) is 15.5 Å². The van der Waals surface area contributed by atoms with Crippen molar-refractivity contribution in [3.8, 4) is 0 Å². The van der Waals surface area contributed by atoms with Gasteiger partial charge in [0, 0.05) is 6.92 Å². The van der Waals surface area contributed by atoms with Crippen LogP contribution < -0.4 is 5.43 Å². The van der Waals surface area contributed by atoms with Crippen molar-refractivity contribution in [1.82, 2.24) is 4.98 Å². The highest BCUT2D eigenvalue weighted by molar-refractivity contribution is 7.17. The molecule has 27 heavy (non-hydrogen) atoms. The molecule has 0 aliphatic heterocycles. The van der Waals surface area contributed by atoms with Gasteiger partial charge in [-0.25, -0.2) is 4.98 Å². The number of anilines is 1. The molecule has 3 rings (SSSR count). The Hall–Kier alpha value is -3.32. The summed E-state index contributed by atoms with van der Waals surface area (Å²) >= 11 is 1.27. The lowest BCUT2D eigenvalue weighted by atomic mass is 10.1. The maximum Gasteiger partial charge on any atom is 0.221 e. The number of nitrogens with one attached hydrogen (secondary N) is 1. The van der Waals surface area contributed by atoms with Crippen molar-refractivity contribution in [2.24, 2.45) is 5.10 Å². The molecule has 2 heterocycles. The first-order valence-electron chi connectivity index (χ1n) is 8.16. The van der Waals surface area contributed by atoms with Gasteiger partial charge in [0.2, 0.25) is 10.9 Å². The van der Waals surface area contributed by atoms with E-state index in [0.29, 0.717) is 21.5 Å². The molecule has 0 amide bonds. The molecule has 1 aromatic carbocycles. The van der Waals surface area contributed by atoms with E-state index >= 15 is 0 Å². The van der Waals surface area contributed by atoms with Crippen LogP contribution >= 0.6 is 11.3 Å². The average molecular weight is 379 g/mol. The lowest BCUT2D eigenvalue weighted by Gasteiger charge is -1.97. The summed E-state index contributed by atoms with van der Waals surface area (Å²) in [6.07, 6.45) is 6.30. The lowest BCUT2D eigenvalue weighted by Crippen LogP contribution is -1.92. The molecule has 1 N–H and O–H groups in total.